The summed E-state index contributed by atoms with van der Waals surface area (Å²) in [6.45, 7) is 13.3. The smallest absolute Gasteiger partial charge is 0.136 e. The summed E-state index contributed by atoms with van der Waals surface area (Å²) in [4.78, 5) is 0. The van der Waals surface area contributed by atoms with Gasteiger partial charge in [-0.2, -0.15) is 0 Å². The molecule has 2 nitrogen and oxygen atoms in total. The van der Waals surface area contributed by atoms with E-state index in [4.69, 9.17) is 4.42 Å². The normalized spacial score (nSPS) is 10.6. The highest BCUT2D eigenvalue weighted by molar-refractivity contribution is 5.58. The number of furan rings is 1. The molecule has 23 heavy (non-hydrogen) atoms. The van der Waals surface area contributed by atoms with Gasteiger partial charge in [-0.05, 0) is 51.1 Å². The largest absolute Gasteiger partial charge is 0.456 e. The van der Waals surface area contributed by atoms with Gasteiger partial charge in [0.1, 0.15) is 17.0 Å². The van der Waals surface area contributed by atoms with Gasteiger partial charge in [0.2, 0.25) is 0 Å². The van der Waals surface area contributed by atoms with E-state index in [2.05, 4.69) is 18.5 Å². The molecule has 1 N–H and O–H groups in total. The number of rotatable bonds is 3. The third kappa shape index (κ3) is 5.29. The Morgan fingerprint density at radius 2 is 1.78 bits per heavy atom. The Balaban J connectivity index is 0.000000816. The van der Waals surface area contributed by atoms with Crippen molar-refractivity contribution in [3.63, 3.8) is 0 Å². The van der Waals surface area contributed by atoms with Crippen molar-refractivity contribution < 1.29 is 8.81 Å². The minimum atomic E-state index is -0.260. The second-order valence-electron chi connectivity index (χ2n) is 5.22. The summed E-state index contributed by atoms with van der Waals surface area (Å²) in [6, 6.07) is 8.07. The highest BCUT2D eigenvalue weighted by atomic mass is 19.1. The maximum absolute atomic E-state index is 12.9. The van der Waals surface area contributed by atoms with Crippen LogP contribution in [0, 0.1) is 5.82 Å². The van der Waals surface area contributed by atoms with Crippen LogP contribution >= 0.6 is 0 Å². The Morgan fingerprint density at radius 3 is 2.26 bits per heavy atom. The average molecular weight is 313 g/mol. The zero-order valence-electron chi connectivity index (χ0n) is 14.2. The summed E-state index contributed by atoms with van der Waals surface area (Å²) in [7, 11) is 1.87. The molecule has 2 rings (SSSR count). The molecule has 0 unspecified atom stereocenters. The average Bonchev–Trinajstić information content (AvgIpc) is 2.87. The minimum absolute atomic E-state index is 0.260. The number of benzene rings is 1. The Morgan fingerprint density at radius 1 is 1.22 bits per heavy atom. The third-order valence-corrected chi connectivity index (χ3v) is 3.05. The first-order valence-electron chi connectivity index (χ1n) is 7.41. The number of hydrogen-bond donors (Lipinski definition) is 1. The summed E-state index contributed by atoms with van der Waals surface area (Å²) in [6.07, 6.45) is 3.67. The van der Waals surface area contributed by atoms with E-state index in [1.807, 2.05) is 40.0 Å². The Bertz CT molecular complexity index is 778. The van der Waals surface area contributed by atoms with Gasteiger partial charge in [0.25, 0.3) is 0 Å². The van der Waals surface area contributed by atoms with Gasteiger partial charge in [-0.1, -0.05) is 18.2 Å². The molecule has 122 valence electrons. The fraction of sp³-hybridized carbons (Fsp3) is 0.200. The van der Waals surface area contributed by atoms with Crippen molar-refractivity contribution in [3.05, 3.63) is 70.7 Å². The van der Waals surface area contributed by atoms with Crippen molar-refractivity contribution in [1.29, 1.82) is 0 Å². The van der Waals surface area contributed by atoms with Gasteiger partial charge in [0.15, 0.2) is 0 Å². The molecule has 1 aromatic carbocycles. The van der Waals surface area contributed by atoms with E-state index >= 15 is 0 Å². The molecule has 3 heteroatoms. The van der Waals surface area contributed by atoms with Crippen molar-refractivity contribution in [3.8, 4) is 11.3 Å². The predicted octanol–water partition coefficient (Wildman–Crippen LogP) is 3.98. The predicted molar refractivity (Wildman–Crippen MR) is 96.6 cm³/mol. The first-order chi connectivity index (χ1) is 10.9. The maximum Gasteiger partial charge on any atom is 0.136 e. The molecular weight excluding hydrogens is 289 g/mol. The van der Waals surface area contributed by atoms with E-state index in [1.165, 1.54) is 12.1 Å². The van der Waals surface area contributed by atoms with E-state index < -0.39 is 0 Å². The van der Waals surface area contributed by atoms with Crippen LogP contribution in [0.5, 0.6) is 0 Å². The Labute approximate surface area is 137 Å². The van der Waals surface area contributed by atoms with E-state index in [0.29, 0.717) is 11.2 Å². The van der Waals surface area contributed by atoms with Crippen LogP contribution in [0.1, 0.15) is 20.8 Å². The van der Waals surface area contributed by atoms with Crippen LogP contribution in [0.15, 0.2) is 58.7 Å². The zero-order chi connectivity index (χ0) is 17.4. The van der Waals surface area contributed by atoms with Crippen molar-refractivity contribution in [2.24, 2.45) is 0 Å². The van der Waals surface area contributed by atoms with E-state index in [-0.39, 0.29) is 5.82 Å². The number of nitrogens with one attached hydrogen (secondary N) is 1. The molecule has 0 spiro atoms. The van der Waals surface area contributed by atoms with Gasteiger partial charge in [-0.25, -0.2) is 4.39 Å². The third-order valence-electron chi connectivity index (χ3n) is 3.05. The molecule has 0 fully saturated rings. The van der Waals surface area contributed by atoms with Gasteiger partial charge < -0.3 is 9.73 Å². The summed E-state index contributed by atoms with van der Waals surface area (Å²) in [5, 5.41) is 3.92. The van der Waals surface area contributed by atoms with Crippen LogP contribution in [0.2, 0.25) is 0 Å². The monoisotopic (exact) mass is 313 g/mol. The van der Waals surface area contributed by atoms with Crippen molar-refractivity contribution >= 4 is 12.7 Å². The van der Waals surface area contributed by atoms with Crippen LogP contribution in [0.25, 0.3) is 24.0 Å². The molecule has 0 amide bonds. The molecule has 0 bridgehead atoms. The molecular formula is C20H24FNO. The molecule has 0 aliphatic heterocycles. The van der Waals surface area contributed by atoms with Crippen LogP contribution in [-0.4, -0.2) is 7.05 Å². The van der Waals surface area contributed by atoms with Gasteiger partial charge in [0.05, 0.1) is 0 Å². The number of allylic oxidation sites excluding steroid dienone is 3. The fourth-order valence-electron chi connectivity index (χ4n) is 1.92. The molecule has 0 atom stereocenters. The quantitative estimate of drug-likeness (QED) is 0.867. The molecule has 1 heterocycles. The second kappa shape index (κ2) is 8.79. The first-order valence-corrected chi connectivity index (χ1v) is 7.41. The lowest BCUT2D eigenvalue weighted by molar-refractivity contribution is 0.544. The van der Waals surface area contributed by atoms with Gasteiger partial charge >= 0.3 is 0 Å². The fourth-order valence-corrected chi connectivity index (χ4v) is 1.92. The minimum Gasteiger partial charge on any atom is -0.456 e. The van der Waals surface area contributed by atoms with Crippen molar-refractivity contribution in [2.75, 3.05) is 7.05 Å². The molecule has 1 aromatic heterocycles. The molecule has 0 aliphatic carbocycles. The van der Waals surface area contributed by atoms with Crippen molar-refractivity contribution in [2.45, 2.75) is 20.8 Å². The number of halogens is 1. The molecule has 0 aliphatic rings. The number of hydrogen-bond acceptors (Lipinski definition) is 2. The van der Waals surface area contributed by atoms with Crippen LogP contribution in [0.3, 0.4) is 0 Å². The van der Waals surface area contributed by atoms with Crippen LogP contribution in [0.4, 0.5) is 4.39 Å². The van der Waals surface area contributed by atoms with E-state index in [0.717, 1.165) is 22.1 Å². The van der Waals surface area contributed by atoms with E-state index in [9.17, 15) is 4.39 Å². The van der Waals surface area contributed by atoms with Gasteiger partial charge in [0, 0.05) is 29.6 Å². The van der Waals surface area contributed by atoms with Crippen LogP contribution < -0.4 is 16.0 Å². The zero-order valence-corrected chi connectivity index (χ0v) is 14.2. The second-order valence-corrected chi connectivity index (χ2v) is 5.22. The summed E-state index contributed by atoms with van der Waals surface area (Å²) < 4.78 is 18.7. The van der Waals surface area contributed by atoms with Crippen molar-refractivity contribution in [1.82, 2.24) is 5.32 Å². The summed E-state index contributed by atoms with van der Waals surface area (Å²) >= 11 is 0. The summed E-state index contributed by atoms with van der Waals surface area (Å²) in [5.74, 6) is 0.425. The molecule has 2 aromatic rings. The lowest BCUT2D eigenvalue weighted by atomic mass is 10.2. The maximum atomic E-state index is 12.9. The SMILES string of the molecule is C=CC.C=c1cc(-c2ccc(F)cc2)o/c1=C/C(NC)=C(C)C. The highest BCUT2D eigenvalue weighted by Crippen LogP contribution is 2.16. The molecule has 0 saturated heterocycles. The lowest BCUT2D eigenvalue weighted by Gasteiger charge is -2.01. The highest BCUT2D eigenvalue weighted by Gasteiger charge is 2.03. The van der Waals surface area contributed by atoms with E-state index in [1.54, 1.807) is 18.2 Å². The van der Waals surface area contributed by atoms with Gasteiger partial charge in [-0.15, -0.1) is 6.58 Å². The Hall–Kier alpha value is -2.55. The summed E-state index contributed by atoms with van der Waals surface area (Å²) in [5.41, 5.74) is 3.69. The first kappa shape index (κ1) is 18.5. The standard InChI is InChI=1S/C17H18FNO.C3H6/c1-11(2)15(19-4)10-16-12(3)9-17(20-16)13-5-7-14(18)8-6-13;1-3-2/h5-10,19H,3H2,1-2,4H3;3H,1H2,2H3/b16-10+;. The van der Waals surface area contributed by atoms with Gasteiger partial charge in [-0.3, -0.25) is 0 Å². The Kier molecular flexibility index (Phi) is 7.07. The topological polar surface area (TPSA) is 25.2 Å². The molecule has 0 radical (unpaired) electrons. The lowest BCUT2D eigenvalue weighted by Crippen LogP contribution is -2.19. The van der Waals surface area contributed by atoms with Crippen LogP contribution in [-0.2, 0) is 0 Å². The molecule has 0 saturated carbocycles.